The Balaban J connectivity index is 2.09. The van der Waals surface area contributed by atoms with Crippen molar-refractivity contribution in [3.63, 3.8) is 0 Å². The molecule has 1 aliphatic rings. The number of fused-ring (bicyclic) bond motifs is 1. The third-order valence-corrected chi connectivity index (χ3v) is 5.12. The maximum Gasteiger partial charge on any atom is -0.00550 e. The fraction of sp³-hybridized carbons (Fsp3) is 0.417. The Morgan fingerprint density at radius 1 is 0.750 bits per heavy atom. The van der Waals surface area contributed by atoms with Crippen LogP contribution in [-0.2, 0) is 6.42 Å². The highest BCUT2D eigenvalue weighted by Gasteiger charge is 2.18. The molecule has 0 saturated carbocycles. The molecule has 126 valence electrons. The summed E-state index contributed by atoms with van der Waals surface area (Å²) in [6, 6.07) is 13.8. The van der Waals surface area contributed by atoms with Crippen LogP contribution in [0.5, 0.6) is 0 Å². The van der Waals surface area contributed by atoms with Crippen molar-refractivity contribution in [3.05, 3.63) is 64.7 Å². The maximum absolute atomic E-state index is 2.50. The predicted molar refractivity (Wildman–Crippen MR) is 107 cm³/mol. The van der Waals surface area contributed by atoms with Crippen molar-refractivity contribution in [1.82, 2.24) is 0 Å². The van der Waals surface area contributed by atoms with Crippen LogP contribution in [0.25, 0.3) is 16.3 Å². The van der Waals surface area contributed by atoms with Crippen LogP contribution >= 0.6 is 0 Å². The lowest BCUT2D eigenvalue weighted by molar-refractivity contribution is 0.888. The normalized spacial score (nSPS) is 14.5. The average molecular weight is 319 g/mol. The Labute approximate surface area is 147 Å². The number of benzene rings is 2. The summed E-state index contributed by atoms with van der Waals surface area (Å²) in [5.41, 5.74) is 7.75. The van der Waals surface area contributed by atoms with Crippen LogP contribution in [0.3, 0.4) is 0 Å². The van der Waals surface area contributed by atoms with Crippen LogP contribution < -0.4 is 0 Å². The molecule has 0 N–H and O–H groups in total. The molecule has 2 aromatic rings. The molecule has 0 radical (unpaired) electrons. The van der Waals surface area contributed by atoms with Gasteiger partial charge in [-0.3, -0.25) is 0 Å². The molecule has 0 bridgehead atoms. The van der Waals surface area contributed by atoms with Crippen LogP contribution in [-0.4, -0.2) is 0 Å². The van der Waals surface area contributed by atoms with Gasteiger partial charge in [0.1, 0.15) is 0 Å². The van der Waals surface area contributed by atoms with E-state index in [1.807, 2.05) is 0 Å². The minimum atomic E-state index is 1.15. The van der Waals surface area contributed by atoms with Gasteiger partial charge in [0.25, 0.3) is 0 Å². The van der Waals surface area contributed by atoms with Gasteiger partial charge < -0.3 is 0 Å². The van der Waals surface area contributed by atoms with Crippen molar-refractivity contribution in [1.29, 1.82) is 0 Å². The molecule has 0 saturated heterocycles. The van der Waals surface area contributed by atoms with Gasteiger partial charge in [0.2, 0.25) is 0 Å². The molecule has 24 heavy (non-hydrogen) atoms. The molecule has 0 heteroatoms. The van der Waals surface area contributed by atoms with E-state index in [4.69, 9.17) is 0 Å². The van der Waals surface area contributed by atoms with E-state index >= 15 is 0 Å². The van der Waals surface area contributed by atoms with E-state index in [1.54, 1.807) is 16.7 Å². The van der Waals surface area contributed by atoms with Crippen LogP contribution in [0.4, 0.5) is 0 Å². The van der Waals surface area contributed by atoms with Crippen LogP contribution in [0.1, 0.15) is 70.4 Å². The second kappa shape index (κ2) is 7.83. The van der Waals surface area contributed by atoms with Gasteiger partial charge in [0.05, 0.1) is 0 Å². The highest BCUT2D eigenvalue weighted by molar-refractivity contribution is 5.97. The van der Waals surface area contributed by atoms with Crippen molar-refractivity contribution in [2.24, 2.45) is 0 Å². The summed E-state index contributed by atoms with van der Waals surface area (Å²) < 4.78 is 0. The smallest absolute Gasteiger partial charge is 0.00550 e. The molecule has 0 spiro atoms. The number of hydrogen-bond acceptors (Lipinski definition) is 0. The highest BCUT2D eigenvalue weighted by Crippen LogP contribution is 2.40. The molecule has 0 aliphatic heterocycles. The molecule has 2 aromatic carbocycles. The van der Waals surface area contributed by atoms with Crippen LogP contribution in [0, 0.1) is 0 Å². The van der Waals surface area contributed by atoms with Crippen LogP contribution in [0.15, 0.2) is 53.6 Å². The van der Waals surface area contributed by atoms with Gasteiger partial charge in [-0.15, -0.1) is 0 Å². The zero-order chi connectivity index (χ0) is 16.9. The first-order valence-corrected chi connectivity index (χ1v) is 9.70. The van der Waals surface area contributed by atoms with Gasteiger partial charge in [-0.1, -0.05) is 88.1 Å². The molecular weight excluding hydrogens is 288 g/mol. The highest BCUT2D eigenvalue weighted by atomic mass is 14.2. The van der Waals surface area contributed by atoms with E-state index < -0.39 is 0 Å². The number of hydrogen-bond donors (Lipinski definition) is 0. The monoisotopic (exact) mass is 318 g/mol. The first-order chi connectivity index (χ1) is 11.8. The summed E-state index contributed by atoms with van der Waals surface area (Å²) in [6.07, 6.45) is 10.9. The zero-order valence-corrected chi connectivity index (χ0v) is 15.5. The first-order valence-electron chi connectivity index (χ1n) is 9.70. The van der Waals surface area contributed by atoms with Crippen molar-refractivity contribution in [2.45, 2.75) is 65.7 Å². The minimum Gasteiger partial charge on any atom is -0.0655 e. The molecule has 0 fully saturated rings. The van der Waals surface area contributed by atoms with Gasteiger partial charge in [-0.05, 0) is 58.7 Å². The Bertz CT molecular complexity index is 774. The summed E-state index contributed by atoms with van der Waals surface area (Å²) in [5, 5.41) is 2.89. The number of allylic oxidation sites excluding steroid dienone is 4. The van der Waals surface area contributed by atoms with Crippen molar-refractivity contribution in [3.8, 4) is 0 Å². The van der Waals surface area contributed by atoms with E-state index in [0.717, 1.165) is 6.42 Å². The largest absolute Gasteiger partial charge is 0.0655 e. The summed E-state index contributed by atoms with van der Waals surface area (Å²) >= 11 is 0. The lowest BCUT2D eigenvalue weighted by atomic mass is 9.90. The van der Waals surface area contributed by atoms with E-state index in [9.17, 15) is 0 Å². The molecule has 0 unspecified atom stereocenters. The van der Waals surface area contributed by atoms with Gasteiger partial charge in [-0.2, -0.15) is 0 Å². The Morgan fingerprint density at radius 3 is 2.17 bits per heavy atom. The molecule has 0 aromatic heterocycles. The van der Waals surface area contributed by atoms with Crippen LogP contribution in [0.2, 0.25) is 0 Å². The summed E-state index contributed by atoms with van der Waals surface area (Å²) in [4.78, 5) is 0. The van der Waals surface area contributed by atoms with Gasteiger partial charge in [0, 0.05) is 0 Å². The molecular formula is C24H30. The first kappa shape index (κ1) is 17.0. The Morgan fingerprint density at radius 2 is 1.46 bits per heavy atom. The molecule has 0 amide bonds. The SMILES string of the molecule is CCCC1=CC(CCC)=C(c2ccc(CCC)c3ccccc23)C1. The molecule has 0 atom stereocenters. The summed E-state index contributed by atoms with van der Waals surface area (Å²) in [6.45, 7) is 6.84. The Hall–Kier alpha value is -1.82. The van der Waals surface area contributed by atoms with E-state index in [1.165, 1.54) is 60.4 Å². The molecule has 0 nitrogen and oxygen atoms in total. The fourth-order valence-corrected chi connectivity index (χ4v) is 4.08. The van der Waals surface area contributed by atoms with Crippen molar-refractivity contribution in [2.75, 3.05) is 0 Å². The third kappa shape index (κ3) is 3.34. The van der Waals surface area contributed by atoms with Gasteiger partial charge >= 0.3 is 0 Å². The fourth-order valence-electron chi connectivity index (χ4n) is 4.08. The third-order valence-electron chi connectivity index (χ3n) is 5.12. The second-order valence-corrected chi connectivity index (χ2v) is 7.05. The second-order valence-electron chi connectivity index (χ2n) is 7.05. The molecule has 3 rings (SSSR count). The van der Waals surface area contributed by atoms with E-state index in [0.29, 0.717) is 0 Å². The van der Waals surface area contributed by atoms with E-state index in [2.05, 4.69) is 63.2 Å². The molecule has 1 aliphatic carbocycles. The zero-order valence-electron chi connectivity index (χ0n) is 15.5. The number of aryl methyl sites for hydroxylation is 1. The number of rotatable bonds is 7. The van der Waals surface area contributed by atoms with Crippen molar-refractivity contribution >= 4 is 16.3 Å². The lowest BCUT2D eigenvalue weighted by Gasteiger charge is -2.14. The minimum absolute atomic E-state index is 1.15. The molecule has 0 heterocycles. The summed E-state index contributed by atoms with van der Waals surface area (Å²) in [5.74, 6) is 0. The topological polar surface area (TPSA) is 0 Å². The van der Waals surface area contributed by atoms with E-state index in [-0.39, 0.29) is 0 Å². The Kier molecular flexibility index (Phi) is 5.56. The quantitative estimate of drug-likeness (QED) is 0.496. The average Bonchev–Trinajstić information content (AvgIpc) is 2.98. The lowest BCUT2D eigenvalue weighted by Crippen LogP contribution is -1.93. The van der Waals surface area contributed by atoms with Gasteiger partial charge in [-0.25, -0.2) is 0 Å². The maximum atomic E-state index is 2.50. The van der Waals surface area contributed by atoms with Gasteiger partial charge in [0.15, 0.2) is 0 Å². The predicted octanol–water partition coefficient (Wildman–Crippen LogP) is 7.48. The van der Waals surface area contributed by atoms with Crippen molar-refractivity contribution < 1.29 is 0 Å². The summed E-state index contributed by atoms with van der Waals surface area (Å²) in [7, 11) is 0. The standard InChI is InChI=1S/C24H30/c1-4-9-18-16-20(11-6-3)24(17-18)23-15-14-19(10-5-2)21-12-7-8-13-22(21)23/h7-8,12-16H,4-6,9-11,17H2,1-3H3.